The molecule has 0 aliphatic carbocycles. The number of aliphatic hydroxyl groups is 1. The van der Waals surface area contributed by atoms with E-state index in [4.69, 9.17) is 5.73 Å². The quantitative estimate of drug-likeness (QED) is 0.666. The molecule has 124 valence electrons. The summed E-state index contributed by atoms with van der Waals surface area (Å²) >= 11 is 0. The van der Waals surface area contributed by atoms with Crippen molar-refractivity contribution in [3.8, 4) is 0 Å². The van der Waals surface area contributed by atoms with Gasteiger partial charge in [0.15, 0.2) is 0 Å². The average Bonchev–Trinajstić information content (AvgIpc) is 2.47. The maximum Gasteiger partial charge on any atom is 0.0951 e. The smallest absolute Gasteiger partial charge is 0.0951 e. The zero-order valence-corrected chi connectivity index (χ0v) is 11.2. The van der Waals surface area contributed by atoms with Gasteiger partial charge in [-0.2, -0.15) is 0 Å². The van der Waals surface area contributed by atoms with Gasteiger partial charge in [-0.15, -0.1) is 0 Å². The molecule has 0 aromatic rings. The largest absolute Gasteiger partial charge is 0.387 e. The van der Waals surface area contributed by atoms with Crippen molar-refractivity contribution in [1.82, 2.24) is 0 Å². The van der Waals surface area contributed by atoms with E-state index in [1.54, 1.807) is 0 Å². The van der Waals surface area contributed by atoms with Crippen molar-refractivity contribution in [2.45, 2.75) is 25.5 Å². The summed E-state index contributed by atoms with van der Waals surface area (Å²) in [5.41, 5.74) is 35.5. The van der Waals surface area contributed by atoms with Crippen LogP contribution in [0.25, 0.3) is 0 Å². The highest BCUT2D eigenvalue weighted by Crippen LogP contribution is 1.94. The lowest BCUT2D eigenvalue weighted by Gasteiger charge is -2.10. The molecule has 0 bridgehead atoms. The van der Waals surface area contributed by atoms with Crippen LogP contribution < -0.4 is 5.73 Å². The molecule has 0 radical (unpaired) electrons. The highest BCUT2D eigenvalue weighted by Gasteiger charge is 2.07. The topological polar surface area (TPSA) is 46.2 Å². The zero-order valence-electron chi connectivity index (χ0n) is 11.2. The summed E-state index contributed by atoms with van der Waals surface area (Å²) in [6.07, 6.45) is 1.35. The monoisotopic (exact) mass is 287 g/mol. The third kappa shape index (κ3) is 10.2. The maximum atomic E-state index is 9.48. The molecule has 0 saturated carbocycles. The number of hydrogen-bond donors (Lipinski definition) is 2. The van der Waals surface area contributed by atoms with Crippen molar-refractivity contribution >= 4 is 0 Å². The van der Waals surface area contributed by atoms with Crippen molar-refractivity contribution in [2.24, 2.45) is 5.73 Å². The van der Waals surface area contributed by atoms with E-state index in [9.17, 15) is 5.11 Å². The van der Waals surface area contributed by atoms with E-state index in [1.165, 1.54) is 6.08 Å². The van der Waals surface area contributed by atoms with Gasteiger partial charge in [-0.1, -0.05) is 18.4 Å². The summed E-state index contributed by atoms with van der Waals surface area (Å²) in [4.78, 5) is 0. The van der Waals surface area contributed by atoms with E-state index in [-0.39, 0.29) is 26.0 Å². The maximum absolute atomic E-state index is 9.48. The molecule has 2 atom stereocenters. The molecule has 20 heavy (non-hydrogen) atoms. The van der Waals surface area contributed by atoms with Crippen LogP contribution in [0.5, 0.6) is 0 Å². The summed E-state index contributed by atoms with van der Waals surface area (Å²) in [7, 11) is 0. The lowest BCUT2D eigenvalue weighted by atomic mass is 10.1. The van der Waals surface area contributed by atoms with Gasteiger partial charge < -0.3 is 10.8 Å². The first kappa shape index (κ1) is 17.0. The van der Waals surface area contributed by atoms with Crippen LogP contribution in [0.4, 0.5) is 0 Å². The number of hydrogen-bond acceptors (Lipinski definition) is 2. The minimum Gasteiger partial charge on any atom is -0.387 e. The average molecular weight is 288 g/mol. The van der Waals surface area contributed by atoms with Crippen molar-refractivity contribution < 1.29 is 25.1 Å². The van der Waals surface area contributed by atoms with Gasteiger partial charge in [0.1, 0.15) is 0 Å². The minimum absolute atomic E-state index is 0. The highest BCUT2D eigenvalue weighted by atomic mass is 16.3. The second-order valence-electron chi connectivity index (χ2n) is 3.30. The fourth-order valence-electron chi connectivity index (χ4n) is 0.822. The van der Waals surface area contributed by atoms with Crippen molar-refractivity contribution in [3.63, 3.8) is 0 Å². The Bertz CT molecular complexity index is 805. The van der Waals surface area contributed by atoms with Gasteiger partial charge >= 0.3 is 0 Å². The molecule has 0 aromatic carbocycles. The van der Waals surface area contributed by atoms with Gasteiger partial charge in [0.05, 0.1) is 6.10 Å². The molecule has 2 heteroatoms. The normalized spacial score (nSPS) is 9.35. The molecular formula is C18H41NO. The van der Waals surface area contributed by atoms with Crippen molar-refractivity contribution in [1.29, 1.82) is 0 Å². The summed E-state index contributed by atoms with van der Waals surface area (Å²) in [6, 6.07) is -0.304. The number of rotatable bonds is 3. The molecule has 0 saturated heterocycles. The van der Waals surface area contributed by atoms with Crippen LogP contribution in [0.15, 0.2) is 81.4 Å². The number of aliphatic hydroxyl groups excluding tert-OH is 1. The first-order chi connectivity index (χ1) is 9.72. The molecule has 0 aliphatic heterocycles. The van der Waals surface area contributed by atoms with Crippen LogP contribution in [0.1, 0.15) is 33.3 Å². The van der Waals surface area contributed by atoms with Gasteiger partial charge in [0.25, 0.3) is 0 Å². The Hall–Kier alpha value is -2.98. The molecule has 0 fully saturated rings. The first-order valence-corrected chi connectivity index (χ1v) is 5.77. The Labute approximate surface area is 139 Å². The molecular weight excluding hydrogens is 246 g/mol. The van der Waals surface area contributed by atoms with Crippen LogP contribution in [-0.2, 0) is 0 Å². The fraction of sp³-hybridized carbons (Fsp3) is 0.222. The Morgan fingerprint density at radius 2 is 1.45 bits per heavy atom. The molecule has 3 N–H and O–H groups in total. The lowest BCUT2D eigenvalue weighted by Crippen LogP contribution is -2.31. The Morgan fingerprint density at radius 3 is 1.90 bits per heavy atom. The Kier molecular flexibility index (Phi) is 10.6. The molecule has 0 amide bonds. The third-order valence-corrected chi connectivity index (χ3v) is 1.89. The van der Waals surface area contributed by atoms with E-state index in [0.29, 0.717) is 6.42 Å². The molecule has 0 aliphatic rings. The van der Waals surface area contributed by atoms with Gasteiger partial charge in [0.2, 0.25) is 0 Å². The van der Waals surface area contributed by atoms with E-state index in [2.05, 4.69) is 75.4 Å². The Balaban J connectivity index is -0.0000000198. The third-order valence-electron chi connectivity index (χ3n) is 1.89. The molecule has 0 heterocycles. The standard InChI is InChI=1S/C18H13NO.14H2/c1-3-5-6-7-8-9-10-11-12-13-14-15-16-18(20)17(19)4-2;;;;;;;;;;;;;;/h16-18,20H,1,4,19H2,2H3;14*1H/t17-,18-;;;;;;;;;;;;;;/m0............../s1. The zero-order chi connectivity index (χ0) is 15.1. The van der Waals surface area contributed by atoms with Gasteiger partial charge in [-0.25, -0.2) is 0 Å². The van der Waals surface area contributed by atoms with Crippen LogP contribution in [0.2, 0.25) is 0 Å². The molecule has 0 aromatic heterocycles. The lowest BCUT2D eigenvalue weighted by molar-refractivity contribution is 0.189. The molecule has 0 rings (SSSR count). The fourth-order valence-corrected chi connectivity index (χ4v) is 0.822. The van der Waals surface area contributed by atoms with Crippen LogP contribution in [0, 0.1) is 0 Å². The van der Waals surface area contributed by atoms with Gasteiger partial charge in [-0.3, -0.25) is 0 Å². The first-order valence-electron chi connectivity index (χ1n) is 5.77. The van der Waals surface area contributed by atoms with Crippen LogP contribution in [-0.4, -0.2) is 17.3 Å². The summed E-state index contributed by atoms with van der Waals surface area (Å²) < 4.78 is 0. The summed E-state index contributed by atoms with van der Waals surface area (Å²) in [5, 5.41) is 9.48. The predicted molar refractivity (Wildman–Crippen MR) is 106 cm³/mol. The minimum atomic E-state index is -0.744. The van der Waals surface area contributed by atoms with Crippen molar-refractivity contribution in [2.75, 3.05) is 0 Å². The summed E-state index contributed by atoms with van der Waals surface area (Å²) in [5.74, 6) is 0. The molecule has 2 nitrogen and oxygen atoms in total. The van der Waals surface area contributed by atoms with Crippen LogP contribution in [0.3, 0.4) is 0 Å². The van der Waals surface area contributed by atoms with E-state index in [0.717, 1.165) is 0 Å². The second kappa shape index (κ2) is 12.5. The number of nitrogens with two attached hydrogens (primary N) is 1. The van der Waals surface area contributed by atoms with Gasteiger partial charge in [0, 0.05) is 26.0 Å². The molecule has 0 spiro atoms. The Morgan fingerprint density at radius 1 is 1.00 bits per heavy atom. The van der Waals surface area contributed by atoms with E-state index in [1.807, 2.05) is 6.92 Å². The summed E-state index contributed by atoms with van der Waals surface area (Å²) in [6.45, 7) is 5.19. The second-order valence-corrected chi connectivity index (χ2v) is 3.30. The van der Waals surface area contributed by atoms with Gasteiger partial charge in [-0.05, 0) is 76.4 Å². The predicted octanol–water partition coefficient (Wildman–Crippen LogP) is 5.58. The van der Waals surface area contributed by atoms with Crippen molar-refractivity contribution in [3.05, 3.63) is 81.4 Å². The SMILES string of the molecule is C=C=C=C=C=C=C=C=C=C=C=C=C=C[C@H](O)[C@@H](N)CC.[HH].[HH].[HH].[HH].[HH].[HH].[HH].[HH].[HH].[HH].[HH].[HH].[HH].[HH]. The van der Waals surface area contributed by atoms with Crippen LogP contribution >= 0.6 is 0 Å². The highest BCUT2D eigenvalue weighted by molar-refractivity contribution is 4.95. The van der Waals surface area contributed by atoms with E-state index < -0.39 is 6.10 Å². The van der Waals surface area contributed by atoms with E-state index >= 15 is 0 Å². The molecule has 0 unspecified atom stereocenters.